The smallest absolute Gasteiger partial charge is 0.315 e. The molecule has 4 unspecified atom stereocenters. The maximum atomic E-state index is 12.4. The van der Waals surface area contributed by atoms with Gasteiger partial charge < -0.3 is 15.4 Å². The molecule has 2 N–H and O–H groups in total. The van der Waals surface area contributed by atoms with E-state index in [0.717, 1.165) is 25.3 Å². The highest BCUT2D eigenvalue weighted by Gasteiger charge is 2.66. The predicted molar refractivity (Wildman–Crippen MR) is 95.3 cm³/mol. The molecule has 138 valence electrons. The van der Waals surface area contributed by atoms with E-state index in [1.165, 1.54) is 25.0 Å². The number of urea groups is 1. The largest absolute Gasteiger partial charge is 0.377 e. The number of hydrogen-bond acceptors (Lipinski definition) is 3. The van der Waals surface area contributed by atoms with E-state index in [1.807, 2.05) is 11.6 Å². The monoisotopic (exact) mass is 346 g/mol. The molecule has 3 fully saturated rings. The van der Waals surface area contributed by atoms with Crippen LogP contribution in [0.25, 0.3) is 0 Å². The first-order valence-corrected chi connectivity index (χ1v) is 9.66. The Kier molecular flexibility index (Phi) is 4.26. The van der Waals surface area contributed by atoms with Crippen LogP contribution in [-0.2, 0) is 11.3 Å². The number of nitrogens with one attached hydrogen (secondary N) is 2. The molecule has 25 heavy (non-hydrogen) atoms. The van der Waals surface area contributed by atoms with E-state index in [0.29, 0.717) is 30.5 Å². The zero-order valence-electron chi connectivity index (χ0n) is 15.5. The summed E-state index contributed by atoms with van der Waals surface area (Å²) in [5.41, 5.74) is 2.45. The fourth-order valence-electron chi connectivity index (χ4n) is 5.13. The fourth-order valence-corrected chi connectivity index (χ4v) is 5.13. The summed E-state index contributed by atoms with van der Waals surface area (Å²) >= 11 is 0. The highest BCUT2D eigenvalue weighted by atomic mass is 16.5. The molecule has 0 radical (unpaired) electrons. The molecule has 4 atom stereocenters. The van der Waals surface area contributed by atoms with E-state index in [4.69, 9.17) is 4.74 Å². The van der Waals surface area contributed by atoms with E-state index in [-0.39, 0.29) is 11.4 Å². The summed E-state index contributed by atoms with van der Waals surface area (Å²) in [6.45, 7) is 8.57. The number of hydrogen-bond donors (Lipinski definition) is 2. The Hall–Kier alpha value is -1.56. The van der Waals surface area contributed by atoms with Crippen LogP contribution in [0.4, 0.5) is 4.79 Å². The Balaban J connectivity index is 1.26. The Bertz CT molecular complexity index is 652. The van der Waals surface area contributed by atoms with Gasteiger partial charge in [0.2, 0.25) is 0 Å². The van der Waals surface area contributed by atoms with Gasteiger partial charge in [0.05, 0.1) is 11.8 Å². The van der Waals surface area contributed by atoms with E-state index in [9.17, 15) is 4.79 Å². The summed E-state index contributed by atoms with van der Waals surface area (Å²) in [6.07, 6.45) is 5.16. The Morgan fingerprint density at radius 3 is 2.92 bits per heavy atom. The highest BCUT2D eigenvalue weighted by molar-refractivity contribution is 5.74. The van der Waals surface area contributed by atoms with Crippen LogP contribution in [0.5, 0.6) is 0 Å². The van der Waals surface area contributed by atoms with Crippen LogP contribution in [0.1, 0.15) is 44.0 Å². The summed E-state index contributed by atoms with van der Waals surface area (Å²) < 4.78 is 7.94. The molecule has 2 aliphatic carbocycles. The summed E-state index contributed by atoms with van der Waals surface area (Å²) in [5, 5.41) is 10.8. The maximum absolute atomic E-state index is 12.4. The first kappa shape index (κ1) is 16.9. The summed E-state index contributed by atoms with van der Waals surface area (Å²) in [7, 11) is 0. The van der Waals surface area contributed by atoms with Crippen molar-refractivity contribution in [2.24, 2.45) is 17.3 Å². The maximum Gasteiger partial charge on any atom is 0.315 e. The van der Waals surface area contributed by atoms with Crippen LogP contribution in [0.15, 0.2) is 6.07 Å². The van der Waals surface area contributed by atoms with Crippen molar-refractivity contribution in [2.75, 3.05) is 13.2 Å². The third-order valence-corrected chi connectivity index (χ3v) is 6.52. The van der Waals surface area contributed by atoms with Crippen molar-refractivity contribution < 1.29 is 9.53 Å². The van der Waals surface area contributed by atoms with E-state index in [2.05, 4.69) is 35.6 Å². The van der Waals surface area contributed by atoms with Gasteiger partial charge in [-0.3, -0.25) is 4.68 Å². The number of amides is 2. The number of fused-ring (bicyclic) bond motifs is 2. The van der Waals surface area contributed by atoms with Crippen LogP contribution in [0.2, 0.25) is 0 Å². The summed E-state index contributed by atoms with van der Waals surface area (Å²) in [4.78, 5) is 12.4. The number of aryl methyl sites for hydroxylation is 2. The second kappa shape index (κ2) is 6.31. The lowest BCUT2D eigenvalue weighted by atomic mass is 9.46. The molecule has 1 aliphatic heterocycles. The molecule has 2 saturated carbocycles. The third kappa shape index (κ3) is 2.84. The topological polar surface area (TPSA) is 68.2 Å². The van der Waals surface area contributed by atoms with Crippen molar-refractivity contribution >= 4 is 6.03 Å². The molecule has 6 nitrogen and oxygen atoms in total. The molecule has 1 saturated heterocycles. The Morgan fingerprint density at radius 2 is 2.28 bits per heavy atom. The van der Waals surface area contributed by atoms with Gasteiger partial charge >= 0.3 is 6.03 Å². The minimum Gasteiger partial charge on any atom is -0.377 e. The normalized spacial score (nSPS) is 30.3. The van der Waals surface area contributed by atoms with E-state index >= 15 is 0 Å². The van der Waals surface area contributed by atoms with Crippen LogP contribution in [0.3, 0.4) is 0 Å². The van der Waals surface area contributed by atoms with Crippen molar-refractivity contribution in [3.8, 4) is 0 Å². The van der Waals surface area contributed by atoms with Gasteiger partial charge in [0.1, 0.15) is 0 Å². The number of aromatic nitrogens is 2. The molecular weight excluding hydrogens is 316 g/mol. The molecule has 3 aliphatic rings. The minimum atomic E-state index is -0.0261. The van der Waals surface area contributed by atoms with Gasteiger partial charge in [-0.1, -0.05) is 13.3 Å². The molecule has 1 aromatic rings. The first-order valence-electron chi connectivity index (χ1n) is 9.66. The fraction of sp³-hybridized carbons (Fsp3) is 0.789. The van der Waals surface area contributed by atoms with Gasteiger partial charge in [0.25, 0.3) is 0 Å². The standard InChI is InChI=1S/C19H30N4O2/c1-12(11-23-14(3)9-13(2)22-23)10-20-18(24)21-16-15-5-8-25-17(15)19(16)6-4-7-19/h9,12,15-17H,4-8,10-11H2,1-3H3,(H2,20,21,24). The lowest BCUT2D eigenvalue weighted by molar-refractivity contribution is -0.172. The van der Waals surface area contributed by atoms with Crippen molar-refractivity contribution in [3.05, 3.63) is 17.5 Å². The molecule has 0 bridgehead atoms. The number of carbonyl (C=O) groups excluding carboxylic acids is 1. The molecule has 1 aromatic heterocycles. The molecule has 4 rings (SSSR count). The van der Waals surface area contributed by atoms with Crippen LogP contribution in [0, 0.1) is 31.1 Å². The number of ether oxygens (including phenoxy) is 1. The number of rotatable bonds is 5. The molecule has 0 aromatic carbocycles. The first-order chi connectivity index (χ1) is 12.0. The third-order valence-electron chi connectivity index (χ3n) is 6.52. The van der Waals surface area contributed by atoms with Gasteiger partial charge in [0.15, 0.2) is 0 Å². The zero-order valence-corrected chi connectivity index (χ0v) is 15.5. The van der Waals surface area contributed by atoms with E-state index < -0.39 is 0 Å². The van der Waals surface area contributed by atoms with Crippen LogP contribution < -0.4 is 10.6 Å². The number of nitrogens with zero attached hydrogens (tertiary/aromatic N) is 2. The summed E-state index contributed by atoms with van der Waals surface area (Å²) in [5.74, 6) is 0.864. The van der Waals surface area contributed by atoms with Crippen LogP contribution in [-0.4, -0.2) is 41.1 Å². The number of carbonyl (C=O) groups is 1. The predicted octanol–water partition coefficient (Wildman–Crippen LogP) is 2.39. The van der Waals surface area contributed by atoms with Crippen molar-refractivity contribution in [1.82, 2.24) is 20.4 Å². The minimum absolute atomic E-state index is 0.0261. The molecular formula is C19H30N4O2. The molecule has 1 spiro atoms. The van der Waals surface area contributed by atoms with Gasteiger partial charge in [-0.2, -0.15) is 5.10 Å². The highest BCUT2D eigenvalue weighted by Crippen LogP contribution is 2.62. The van der Waals surface area contributed by atoms with E-state index in [1.54, 1.807) is 0 Å². The lowest BCUT2D eigenvalue weighted by Crippen LogP contribution is -2.72. The molecule has 6 heteroatoms. The SMILES string of the molecule is Cc1cc(C)n(CC(C)CNC(=O)NC2C3CCOC3C23CCC3)n1. The van der Waals surface area contributed by atoms with Gasteiger partial charge in [0, 0.05) is 42.8 Å². The lowest BCUT2D eigenvalue weighted by Gasteiger charge is -2.63. The van der Waals surface area contributed by atoms with Gasteiger partial charge in [-0.15, -0.1) is 0 Å². The van der Waals surface area contributed by atoms with Crippen molar-refractivity contribution in [2.45, 2.75) is 65.1 Å². The molecule has 2 heterocycles. The zero-order chi connectivity index (χ0) is 17.6. The Labute approximate surface area is 149 Å². The quantitative estimate of drug-likeness (QED) is 0.860. The van der Waals surface area contributed by atoms with Gasteiger partial charge in [-0.25, -0.2) is 4.79 Å². The van der Waals surface area contributed by atoms with Gasteiger partial charge in [-0.05, 0) is 45.1 Å². The second-order valence-corrected chi connectivity index (χ2v) is 8.38. The van der Waals surface area contributed by atoms with Crippen molar-refractivity contribution in [1.29, 1.82) is 0 Å². The second-order valence-electron chi connectivity index (χ2n) is 8.38. The summed E-state index contributed by atoms with van der Waals surface area (Å²) in [6, 6.07) is 2.36. The average Bonchev–Trinajstić information content (AvgIpc) is 3.06. The molecule has 2 amide bonds. The van der Waals surface area contributed by atoms with Crippen LogP contribution >= 0.6 is 0 Å². The van der Waals surface area contributed by atoms with Crippen molar-refractivity contribution in [3.63, 3.8) is 0 Å². The average molecular weight is 346 g/mol. The Morgan fingerprint density at radius 1 is 1.48 bits per heavy atom.